The summed E-state index contributed by atoms with van der Waals surface area (Å²) in [5.74, 6) is -2.05. The molecule has 0 saturated carbocycles. The van der Waals surface area contributed by atoms with E-state index < -0.39 is 28.9 Å². The number of nitrogens with zero attached hydrogens (tertiary/aromatic N) is 5. The lowest BCUT2D eigenvalue weighted by Gasteiger charge is -2.20. The first kappa shape index (κ1) is 32.6. The van der Waals surface area contributed by atoms with Crippen molar-refractivity contribution in [2.75, 3.05) is 7.05 Å². The lowest BCUT2D eigenvalue weighted by molar-refractivity contribution is -0.137. The number of alkyl halides is 3. The van der Waals surface area contributed by atoms with Crippen molar-refractivity contribution in [3.8, 4) is 11.1 Å². The van der Waals surface area contributed by atoms with E-state index in [0.29, 0.717) is 16.7 Å². The number of thioether (sulfide) groups is 1. The number of halogens is 5. The van der Waals surface area contributed by atoms with E-state index in [0.717, 1.165) is 52.7 Å². The van der Waals surface area contributed by atoms with Gasteiger partial charge in [0, 0.05) is 50.8 Å². The number of likely N-dealkylation sites (N-methyl/N-ethyl adjacent to an activating group) is 1. The van der Waals surface area contributed by atoms with Gasteiger partial charge in [-0.05, 0) is 52.1 Å². The summed E-state index contributed by atoms with van der Waals surface area (Å²) in [5.41, 5.74) is 2.60. The van der Waals surface area contributed by atoms with Crippen molar-refractivity contribution < 1.29 is 26.7 Å². The predicted molar refractivity (Wildman–Crippen MR) is 164 cm³/mol. The van der Waals surface area contributed by atoms with Crippen LogP contribution in [0.5, 0.6) is 0 Å². The summed E-state index contributed by atoms with van der Waals surface area (Å²) in [7, 11) is 3.39. The smallest absolute Gasteiger partial charge is 0.340 e. The Morgan fingerprint density at radius 3 is 2.15 bits per heavy atom. The van der Waals surface area contributed by atoms with Crippen LogP contribution in [0.1, 0.15) is 27.8 Å². The minimum Gasteiger partial charge on any atom is -0.340 e. The fraction of sp³-hybridized carbons (Fsp3) is 0.212. The van der Waals surface area contributed by atoms with Crippen LogP contribution in [0.3, 0.4) is 0 Å². The topological polar surface area (TPSA) is 73.0 Å². The van der Waals surface area contributed by atoms with Gasteiger partial charge in [0.15, 0.2) is 16.8 Å². The molecule has 0 atom stereocenters. The normalized spacial score (nSPS) is 11.5. The third-order valence-electron chi connectivity index (χ3n) is 7.18. The summed E-state index contributed by atoms with van der Waals surface area (Å²) in [6.07, 6.45) is 0.839. The Balaban J connectivity index is 1.31. The first-order chi connectivity index (χ1) is 21.9. The van der Waals surface area contributed by atoms with Crippen molar-refractivity contribution in [1.29, 1.82) is 0 Å². The monoisotopic (exact) mass is 653 g/mol. The van der Waals surface area contributed by atoms with Crippen molar-refractivity contribution in [3.63, 3.8) is 0 Å². The van der Waals surface area contributed by atoms with E-state index in [2.05, 4.69) is 10.1 Å². The Hall–Kier alpha value is -4.78. The molecule has 0 aliphatic rings. The van der Waals surface area contributed by atoms with E-state index in [1.165, 1.54) is 23.1 Å². The average molecular weight is 654 g/mol. The number of benzene rings is 3. The average Bonchev–Trinajstić information content (AvgIpc) is 3.43. The Bertz CT molecular complexity index is 1900. The Labute approximate surface area is 265 Å². The van der Waals surface area contributed by atoms with E-state index in [4.69, 9.17) is 0 Å². The van der Waals surface area contributed by atoms with Crippen LogP contribution >= 0.6 is 11.8 Å². The van der Waals surface area contributed by atoms with Gasteiger partial charge in [0.2, 0.25) is 5.91 Å². The largest absolute Gasteiger partial charge is 0.416 e. The lowest BCUT2D eigenvalue weighted by atomic mass is 10.0. The molecular weight excluding hydrogens is 625 g/mol. The zero-order valence-electron chi connectivity index (χ0n) is 24.8. The molecule has 238 valence electrons. The molecule has 13 heteroatoms. The fourth-order valence-electron chi connectivity index (χ4n) is 4.71. The van der Waals surface area contributed by atoms with E-state index in [9.17, 15) is 31.5 Å². The van der Waals surface area contributed by atoms with Gasteiger partial charge in [-0.3, -0.25) is 14.3 Å². The van der Waals surface area contributed by atoms with Gasteiger partial charge in [-0.25, -0.2) is 8.78 Å². The van der Waals surface area contributed by atoms with E-state index in [1.807, 2.05) is 0 Å². The molecule has 0 aliphatic heterocycles. The Kier molecular flexibility index (Phi) is 9.71. The number of aromatic nitrogens is 4. The molecule has 1 amide bonds. The van der Waals surface area contributed by atoms with Crippen molar-refractivity contribution in [2.24, 2.45) is 7.05 Å². The van der Waals surface area contributed by atoms with Gasteiger partial charge < -0.3 is 9.47 Å². The first-order valence-corrected chi connectivity index (χ1v) is 15.0. The summed E-state index contributed by atoms with van der Waals surface area (Å²) < 4.78 is 69.1. The molecule has 5 rings (SSSR count). The molecule has 3 aromatic carbocycles. The highest BCUT2D eigenvalue weighted by Crippen LogP contribution is 2.31. The van der Waals surface area contributed by atoms with Crippen LogP contribution in [0.25, 0.3) is 11.1 Å². The van der Waals surface area contributed by atoms with Gasteiger partial charge in [-0.1, -0.05) is 54.2 Å². The van der Waals surface area contributed by atoms with Crippen molar-refractivity contribution in [2.45, 2.75) is 36.6 Å². The molecule has 2 aromatic heterocycles. The molecule has 0 fully saturated rings. The van der Waals surface area contributed by atoms with Gasteiger partial charge in [0.25, 0.3) is 5.56 Å². The molecule has 46 heavy (non-hydrogen) atoms. The Morgan fingerprint density at radius 1 is 0.891 bits per heavy atom. The number of carbonyl (C=O) groups excluding carboxylic acids is 1. The van der Waals surface area contributed by atoms with Gasteiger partial charge in [0.05, 0.1) is 11.8 Å². The molecule has 5 aromatic rings. The molecule has 0 N–H and O–H groups in total. The quantitative estimate of drug-likeness (QED) is 0.0981. The van der Waals surface area contributed by atoms with E-state index in [-0.39, 0.29) is 36.3 Å². The molecule has 0 aliphatic carbocycles. The highest BCUT2D eigenvalue weighted by molar-refractivity contribution is 7.98. The molecule has 0 unspecified atom stereocenters. The maximum Gasteiger partial charge on any atom is 0.416 e. The van der Waals surface area contributed by atoms with Crippen LogP contribution in [0.4, 0.5) is 22.0 Å². The molecule has 0 saturated heterocycles. The molecule has 0 radical (unpaired) electrons. The van der Waals surface area contributed by atoms with Crippen molar-refractivity contribution in [1.82, 2.24) is 24.2 Å². The summed E-state index contributed by atoms with van der Waals surface area (Å²) >= 11 is 1.12. The zero-order valence-corrected chi connectivity index (χ0v) is 25.6. The predicted octanol–water partition coefficient (Wildman–Crippen LogP) is 6.48. The maximum absolute atomic E-state index is 13.8. The van der Waals surface area contributed by atoms with E-state index in [1.54, 1.807) is 66.2 Å². The number of carbonyl (C=O) groups is 1. The SMILES string of the molecule is CN(Cc1ccc(-c2ccc(C(F)(F)F)cc2)cc1)C(=O)Cn1cc(Cc2cnn(C)c2)c(=O)nc1SCc1ccc(F)c(F)c1. The van der Waals surface area contributed by atoms with Crippen LogP contribution < -0.4 is 5.56 Å². The van der Waals surface area contributed by atoms with Crippen LogP contribution in [0, 0.1) is 11.6 Å². The fourth-order valence-corrected chi connectivity index (χ4v) is 5.62. The van der Waals surface area contributed by atoms with E-state index >= 15 is 0 Å². The Morgan fingerprint density at radius 2 is 1.54 bits per heavy atom. The van der Waals surface area contributed by atoms with Gasteiger partial charge in [-0.15, -0.1) is 0 Å². The lowest BCUT2D eigenvalue weighted by Crippen LogP contribution is -2.31. The number of amides is 1. The molecule has 2 heterocycles. The highest BCUT2D eigenvalue weighted by atomic mass is 32.2. The van der Waals surface area contributed by atoms with Crippen LogP contribution in [-0.2, 0) is 43.3 Å². The van der Waals surface area contributed by atoms with Crippen molar-refractivity contribution >= 4 is 17.7 Å². The summed E-state index contributed by atoms with van der Waals surface area (Å²) in [4.78, 5) is 32.1. The molecular formula is C33H28F5N5O2S. The van der Waals surface area contributed by atoms with Crippen LogP contribution in [-0.4, -0.2) is 37.2 Å². The van der Waals surface area contributed by atoms with Gasteiger partial charge in [-0.2, -0.15) is 23.3 Å². The number of rotatable bonds is 10. The third-order valence-corrected chi connectivity index (χ3v) is 8.25. The number of aryl methyl sites for hydroxylation is 1. The minimum absolute atomic E-state index is 0.145. The second kappa shape index (κ2) is 13.7. The summed E-state index contributed by atoms with van der Waals surface area (Å²) in [5, 5.41) is 4.37. The second-order valence-corrected chi connectivity index (χ2v) is 11.7. The second-order valence-electron chi connectivity index (χ2n) is 10.7. The summed E-state index contributed by atoms with van der Waals surface area (Å²) in [6, 6.07) is 15.6. The standard InChI is InChI=1S/C33H28F5N5O2S/c1-41(16-21-3-6-24(7-4-21)25-8-10-27(11-9-25)33(36,37)38)30(44)19-43-18-26(13-23-15-39-42(2)17-23)31(45)40-32(43)46-20-22-5-12-28(34)29(35)14-22/h3-12,14-15,17-18H,13,16,19-20H2,1-2H3. The summed E-state index contributed by atoms with van der Waals surface area (Å²) in [6.45, 7) is 0.104. The number of hydrogen-bond donors (Lipinski definition) is 0. The maximum atomic E-state index is 13.8. The highest BCUT2D eigenvalue weighted by Gasteiger charge is 2.30. The number of hydrogen-bond acceptors (Lipinski definition) is 5. The first-order valence-electron chi connectivity index (χ1n) is 14.0. The van der Waals surface area contributed by atoms with Gasteiger partial charge in [0.1, 0.15) is 6.54 Å². The minimum atomic E-state index is -4.41. The van der Waals surface area contributed by atoms with Gasteiger partial charge >= 0.3 is 6.18 Å². The molecule has 0 bridgehead atoms. The van der Waals surface area contributed by atoms with Crippen LogP contribution in [0.2, 0.25) is 0 Å². The van der Waals surface area contributed by atoms with Crippen LogP contribution in [0.15, 0.2) is 95.3 Å². The molecule has 0 spiro atoms. The zero-order chi connectivity index (χ0) is 33.0. The van der Waals surface area contributed by atoms with Crippen molar-refractivity contribution in [3.05, 3.63) is 135 Å². The molecule has 7 nitrogen and oxygen atoms in total. The third kappa shape index (κ3) is 8.08.